The molecule has 154 valence electrons. The number of hydrogen-bond acceptors (Lipinski definition) is 4. The third-order valence-electron chi connectivity index (χ3n) is 4.64. The number of nitro benzene ring substituents is 1. The molecule has 1 heterocycles. The first-order valence-corrected chi connectivity index (χ1v) is 9.17. The maximum absolute atomic E-state index is 12.9. The first kappa shape index (κ1) is 20.9. The monoisotopic (exact) mass is 427 g/mol. The van der Waals surface area contributed by atoms with Crippen LogP contribution in [0.5, 0.6) is 0 Å². The minimum atomic E-state index is -4.78. The van der Waals surface area contributed by atoms with Crippen molar-refractivity contribution in [2.24, 2.45) is 0 Å². The Labute approximate surface area is 169 Å². The van der Waals surface area contributed by atoms with Gasteiger partial charge in [-0.15, -0.1) is 0 Å². The highest BCUT2D eigenvalue weighted by Crippen LogP contribution is 2.40. The standard InChI is InChI=1S/C19H17ClF3N3O3/c20-15-9-16(17(26(28)29)8-14(15)19(21,22)23)24-10-12-3-5-13(6-4-12)11-25-7-1-2-18(25)27/h3-6,8-9,24H,1-2,7,10-11H2. The van der Waals surface area contributed by atoms with Crippen LogP contribution in [0.25, 0.3) is 0 Å². The molecule has 0 unspecified atom stereocenters. The summed E-state index contributed by atoms with van der Waals surface area (Å²) in [6.45, 7) is 1.42. The SMILES string of the molecule is O=C1CCCN1Cc1ccc(CNc2cc(Cl)c(C(F)(F)F)cc2[N+](=O)[O-])cc1. The highest BCUT2D eigenvalue weighted by Gasteiger charge is 2.36. The highest BCUT2D eigenvalue weighted by molar-refractivity contribution is 6.31. The van der Waals surface area contributed by atoms with E-state index >= 15 is 0 Å². The Morgan fingerprint density at radius 3 is 2.38 bits per heavy atom. The second kappa shape index (κ2) is 8.28. The van der Waals surface area contributed by atoms with Crippen molar-refractivity contribution in [3.05, 3.63) is 68.2 Å². The number of carbonyl (C=O) groups excluding carboxylic acids is 1. The van der Waals surface area contributed by atoms with Gasteiger partial charge in [0.05, 0.1) is 15.5 Å². The van der Waals surface area contributed by atoms with E-state index in [4.69, 9.17) is 11.6 Å². The number of carbonyl (C=O) groups is 1. The Hall–Kier alpha value is -2.81. The fourth-order valence-electron chi connectivity index (χ4n) is 3.12. The van der Waals surface area contributed by atoms with Gasteiger partial charge in [0, 0.05) is 32.1 Å². The molecule has 1 amide bonds. The van der Waals surface area contributed by atoms with Gasteiger partial charge in [-0.2, -0.15) is 13.2 Å². The Bertz CT molecular complexity index is 933. The third-order valence-corrected chi connectivity index (χ3v) is 4.95. The number of benzene rings is 2. The van der Waals surface area contributed by atoms with Crippen molar-refractivity contribution in [1.29, 1.82) is 0 Å². The molecule has 0 aliphatic carbocycles. The molecular weight excluding hydrogens is 411 g/mol. The first-order chi connectivity index (χ1) is 13.6. The average molecular weight is 428 g/mol. The number of likely N-dealkylation sites (tertiary alicyclic amines) is 1. The molecule has 1 aliphatic heterocycles. The summed E-state index contributed by atoms with van der Waals surface area (Å²) in [5.74, 6) is 0.127. The molecule has 0 spiro atoms. The Morgan fingerprint density at radius 1 is 1.17 bits per heavy atom. The maximum Gasteiger partial charge on any atom is 0.418 e. The fourth-order valence-corrected chi connectivity index (χ4v) is 3.39. The second-order valence-corrected chi connectivity index (χ2v) is 7.10. The Morgan fingerprint density at radius 2 is 1.83 bits per heavy atom. The molecule has 29 heavy (non-hydrogen) atoms. The molecule has 1 N–H and O–H groups in total. The number of nitrogens with one attached hydrogen (secondary N) is 1. The quantitative estimate of drug-likeness (QED) is 0.520. The van der Waals surface area contributed by atoms with E-state index < -0.39 is 27.4 Å². The van der Waals surface area contributed by atoms with Gasteiger partial charge in [-0.25, -0.2) is 0 Å². The fraction of sp³-hybridized carbons (Fsp3) is 0.316. The molecule has 3 rings (SSSR count). The predicted molar refractivity (Wildman–Crippen MR) is 102 cm³/mol. The number of amides is 1. The molecule has 0 saturated carbocycles. The summed E-state index contributed by atoms with van der Waals surface area (Å²) in [6.07, 6.45) is -3.36. The Kier molecular flexibility index (Phi) is 5.97. The number of rotatable bonds is 6. The number of nitrogens with zero attached hydrogens (tertiary/aromatic N) is 2. The van der Waals surface area contributed by atoms with E-state index in [0.29, 0.717) is 19.0 Å². The van der Waals surface area contributed by atoms with Crippen molar-refractivity contribution in [1.82, 2.24) is 4.90 Å². The van der Waals surface area contributed by atoms with Gasteiger partial charge in [0.2, 0.25) is 5.91 Å². The van der Waals surface area contributed by atoms with Gasteiger partial charge in [0.25, 0.3) is 5.69 Å². The largest absolute Gasteiger partial charge is 0.418 e. The lowest BCUT2D eigenvalue weighted by atomic mass is 10.1. The average Bonchev–Trinajstić information content (AvgIpc) is 3.04. The third kappa shape index (κ3) is 4.97. The minimum absolute atomic E-state index is 0.0975. The maximum atomic E-state index is 12.9. The van der Waals surface area contributed by atoms with E-state index in [9.17, 15) is 28.1 Å². The van der Waals surface area contributed by atoms with Gasteiger partial charge in [-0.3, -0.25) is 14.9 Å². The lowest BCUT2D eigenvalue weighted by Gasteiger charge is -2.16. The van der Waals surface area contributed by atoms with Crippen molar-refractivity contribution in [3.8, 4) is 0 Å². The molecule has 0 atom stereocenters. The van der Waals surface area contributed by atoms with Crippen LogP contribution in [-0.2, 0) is 24.1 Å². The number of anilines is 1. The molecule has 1 aliphatic rings. The van der Waals surface area contributed by atoms with Crippen molar-refractivity contribution >= 4 is 28.9 Å². The molecule has 0 bridgehead atoms. The van der Waals surface area contributed by atoms with Crippen molar-refractivity contribution in [2.45, 2.75) is 32.1 Å². The molecule has 0 radical (unpaired) electrons. The van der Waals surface area contributed by atoms with Crippen LogP contribution in [0.4, 0.5) is 24.5 Å². The van der Waals surface area contributed by atoms with Crippen LogP contribution >= 0.6 is 11.6 Å². The summed E-state index contributed by atoms with van der Waals surface area (Å²) in [5, 5.41) is 13.3. The number of nitro groups is 1. The van der Waals surface area contributed by atoms with Gasteiger partial charge in [0.1, 0.15) is 5.69 Å². The van der Waals surface area contributed by atoms with Crippen molar-refractivity contribution in [2.75, 3.05) is 11.9 Å². The minimum Gasteiger partial charge on any atom is -0.375 e. The van der Waals surface area contributed by atoms with E-state index in [2.05, 4.69) is 5.32 Å². The summed E-state index contributed by atoms with van der Waals surface area (Å²) in [7, 11) is 0. The van der Waals surface area contributed by atoms with E-state index in [-0.39, 0.29) is 18.1 Å². The van der Waals surface area contributed by atoms with Gasteiger partial charge in [-0.1, -0.05) is 35.9 Å². The zero-order valence-electron chi connectivity index (χ0n) is 15.1. The summed E-state index contributed by atoms with van der Waals surface area (Å²) in [6, 6.07) is 8.62. The highest BCUT2D eigenvalue weighted by atomic mass is 35.5. The summed E-state index contributed by atoms with van der Waals surface area (Å²) < 4.78 is 38.8. The van der Waals surface area contributed by atoms with Crippen molar-refractivity contribution < 1.29 is 22.9 Å². The van der Waals surface area contributed by atoms with Crippen LogP contribution in [0, 0.1) is 10.1 Å². The lowest BCUT2D eigenvalue weighted by Crippen LogP contribution is -2.23. The molecule has 6 nitrogen and oxygen atoms in total. The molecule has 2 aromatic rings. The van der Waals surface area contributed by atoms with Gasteiger partial charge < -0.3 is 10.2 Å². The zero-order valence-corrected chi connectivity index (χ0v) is 15.9. The first-order valence-electron chi connectivity index (χ1n) is 8.80. The lowest BCUT2D eigenvalue weighted by molar-refractivity contribution is -0.384. The topological polar surface area (TPSA) is 75.5 Å². The molecule has 1 saturated heterocycles. The molecule has 10 heteroatoms. The molecule has 2 aromatic carbocycles. The smallest absolute Gasteiger partial charge is 0.375 e. The van der Waals surface area contributed by atoms with E-state index in [1.165, 1.54) is 0 Å². The summed E-state index contributed by atoms with van der Waals surface area (Å²) in [4.78, 5) is 23.8. The van der Waals surface area contributed by atoms with E-state index in [1.807, 2.05) is 12.1 Å². The number of halogens is 4. The van der Waals surface area contributed by atoms with Crippen LogP contribution in [0.15, 0.2) is 36.4 Å². The van der Waals surface area contributed by atoms with E-state index in [1.54, 1.807) is 17.0 Å². The zero-order chi connectivity index (χ0) is 21.2. The normalized spacial score (nSPS) is 14.3. The van der Waals surface area contributed by atoms with E-state index in [0.717, 1.165) is 30.2 Å². The van der Waals surface area contributed by atoms with Crippen LogP contribution in [-0.4, -0.2) is 22.3 Å². The summed E-state index contributed by atoms with van der Waals surface area (Å²) >= 11 is 5.67. The van der Waals surface area contributed by atoms with Crippen LogP contribution in [0.1, 0.15) is 29.5 Å². The van der Waals surface area contributed by atoms with Crippen LogP contribution < -0.4 is 5.32 Å². The van der Waals surface area contributed by atoms with Crippen LogP contribution in [0.2, 0.25) is 5.02 Å². The van der Waals surface area contributed by atoms with Gasteiger partial charge >= 0.3 is 6.18 Å². The van der Waals surface area contributed by atoms with Gasteiger partial charge in [0.15, 0.2) is 0 Å². The summed E-state index contributed by atoms with van der Waals surface area (Å²) in [5.41, 5.74) is -0.331. The molecule has 1 fully saturated rings. The van der Waals surface area contributed by atoms with Gasteiger partial charge in [-0.05, 0) is 23.6 Å². The van der Waals surface area contributed by atoms with Crippen molar-refractivity contribution in [3.63, 3.8) is 0 Å². The molecule has 0 aromatic heterocycles. The number of alkyl halides is 3. The van der Waals surface area contributed by atoms with Crippen LogP contribution in [0.3, 0.4) is 0 Å². The predicted octanol–water partition coefficient (Wildman–Crippen LogP) is 5.00. The molecular formula is C19H17ClF3N3O3. The number of hydrogen-bond donors (Lipinski definition) is 1. The Balaban J connectivity index is 1.71. The second-order valence-electron chi connectivity index (χ2n) is 6.69.